The van der Waals surface area contributed by atoms with Crippen LogP contribution >= 0.6 is 0 Å². The minimum Gasteiger partial charge on any atom is -0.497 e. The topological polar surface area (TPSA) is 59.1 Å². The minimum atomic E-state index is -3.73. The summed E-state index contributed by atoms with van der Waals surface area (Å²) in [6, 6.07) is 15.0. The van der Waals surface area contributed by atoms with Gasteiger partial charge in [-0.1, -0.05) is 30.3 Å². The summed E-state index contributed by atoms with van der Waals surface area (Å²) >= 11 is 0. The summed E-state index contributed by atoms with van der Waals surface area (Å²) in [5.41, 5.74) is 0.998. The lowest BCUT2D eigenvalue weighted by atomic mass is 10.1. The molecule has 0 spiro atoms. The van der Waals surface area contributed by atoms with E-state index in [4.69, 9.17) is 9.47 Å². The van der Waals surface area contributed by atoms with Crippen LogP contribution in [-0.4, -0.2) is 51.0 Å². The van der Waals surface area contributed by atoms with Gasteiger partial charge in [0.15, 0.2) is 0 Å². The summed E-state index contributed by atoms with van der Waals surface area (Å²) in [7, 11) is -0.713. The number of fused-ring (bicyclic) bond motifs is 1. The lowest BCUT2D eigenvalue weighted by Crippen LogP contribution is -2.35. The van der Waals surface area contributed by atoms with Crippen molar-refractivity contribution in [2.24, 2.45) is 0 Å². The summed E-state index contributed by atoms with van der Waals surface area (Å²) in [5.74, 6) is 0.862. The van der Waals surface area contributed by atoms with Gasteiger partial charge in [-0.3, -0.25) is 4.90 Å². The van der Waals surface area contributed by atoms with Crippen LogP contribution in [-0.2, 0) is 10.0 Å². The van der Waals surface area contributed by atoms with E-state index in [1.807, 2.05) is 30.3 Å². The minimum absolute atomic E-state index is 0.174. The Hall–Kier alpha value is -2.09. The average Bonchev–Trinajstić information content (AvgIpc) is 3.29. The molecule has 0 radical (unpaired) electrons. The third-order valence-corrected chi connectivity index (χ3v) is 7.31. The molecule has 144 valence electrons. The van der Waals surface area contributed by atoms with Gasteiger partial charge in [-0.25, -0.2) is 8.42 Å². The molecule has 2 atom stereocenters. The summed E-state index contributed by atoms with van der Waals surface area (Å²) in [4.78, 5) is 2.48. The molecule has 2 fully saturated rings. The zero-order chi connectivity index (χ0) is 19.0. The van der Waals surface area contributed by atoms with Gasteiger partial charge in [-0.05, 0) is 30.5 Å². The number of hydrogen-bond donors (Lipinski definition) is 0. The molecular weight excluding hydrogens is 364 g/mol. The highest BCUT2D eigenvalue weighted by atomic mass is 32.2. The van der Waals surface area contributed by atoms with Crippen molar-refractivity contribution >= 4 is 10.0 Å². The van der Waals surface area contributed by atoms with Crippen LogP contribution in [0, 0.1) is 0 Å². The summed E-state index contributed by atoms with van der Waals surface area (Å²) in [6.45, 7) is 1.41. The second-order valence-electron chi connectivity index (χ2n) is 6.91. The molecule has 2 aromatic rings. The van der Waals surface area contributed by atoms with E-state index in [0.29, 0.717) is 18.0 Å². The first-order chi connectivity index (χ1) is 13.1. The van der Waals surface area contributed by atoms with Gasteiger partial charge in [0.2, 0.25) is 10.0 Å². The van der Waals surface area contributed by atoms with E-state index in [2.05, 4.69) is 4.90 Å². The van der Waals surface area contributed by atoms with Crippen LogP contribution in [0.3, 0.4) is 0 Å². The predicted octanol–water partition coefficient (Wildman–Crippen LogP) is 2.87. The largest absolute Gasteiger partial charge is 0.497 e. The third kappa shape index (κ3) is 3.09. The molecule has 0 N–H and O–H groups in total. The number of benzene rings is 2. The Morgan fingerprint density at radius 3 is 2.52 bits per heavy atom. The average molecular weight is 388 g/mol. The molecule has 0 aliphatic carbocycles. The van der Waals surface area contributed by atoms with Gasteiger partial charge in [-0.2, -0.15) is 4.31 Å². The number of ether oxygens (including phenoxy) is 2. The van der Waals surface area contributed by atoms with Crippen LogP contribution in [0.25, 0.3) is 0 Å². The van der Waals surface area contributed by atoms with Gasteiger partial charge in [0, 0.05) is 25.2 Å². The second-order valence-corrected chi connectivity index (χ2v) is 8.77. The number of methoxy groups -OCH3 is 2. The van der Waals surface area contributed by atoms with Crippen LogP contribution in [0.2, 0.25) is 0 Å². The van der Waals surface area contributed by atoms with Crippen LogP contribution < -0.4 is 9.47 Å². The highest BCUT2D eigenvalue weighted by molar-refractivity contribution is 7.89. The maximum atomic E-state index is 13.6. The Kier molecular flexibility index (Phi) is 4.84. The van der Waals surface area contributed by atoms with Crippen molar-refractivity contribution in [1.29, 1.82) is 0 Å². The molecule has 2 saturated heterocycles. The summed E-state index contributed by atoms with van der Waals surface area (Å²) in [5, 5.41) is 0. The number of hydrogen-bond acceptors (Lipinski definition) is 5. The van der Waals surface area contributed by atoms with E-state index < -0.39 is 10.0 Å². The normalized spacial score (nSPS) is 23.3. The van der Waals surface area contributed by atoms with E-state index in [1.165, 1.54) is 7.11 Å². The summed E-state index contributed by atoms with van der Waals surface area (Å²) in [6.07, 6.45) is 1.85. The molecule has 2 heterocycles. The first kappa shape index (κ1) is 18.3. The van der Waals surface area contributed by atoms with Crippen molar-refractivity contribution in [1.82, 2.24) is 9.21 Å². The Morgan fingerprint density at radius 1 is 1.04 bits per heavy atom. The third-order valence-electron chi connectivity index (χ3n) is 5.46. The Bertz CT molecular complexity index is 917. The fourth-order valence-electron chi connectivity index (χ4n) is 4.18. The fraction of sp³-hybridized carbons (Fsp3) is 0.400. The van der Waals surface area contributed by atoms with Crippen LogP contribution in [0.1, 0.15) is 24.6 Å². The molecule has 2 aliphatic heterocycles. The number of sulfonamides is 1. The molecule has 0 aromatic heterocycles. The highest BCUT2D eigenvalue weighted by Gasteiger charge is 2.48. The highest BCUT2D eigenvalue weighted by Crippen LogP contribution is 2.43. The smallest absolute Gasteiger partial charge is 0.248 e. The van der Waals surface area contributed by atoms with Gasteiger partial charge in [-0.15, -0.1) is 0 Å². The van der Waals surface area contributed by atoms with Gasteiger partial charge in [0.25, 0.3) is 0 Å². The molecule has 0 bridgehead atoms. The monoisotopic (exact) mass is 388 g/mol. The predicted molar refractivity (Wildman–Crippen MR) is 102 cm³/mol. The van der Waals surface area contributed by atoms with Crippen molar-refractivity contribution in [3.8, 4) is 11.5 Å². The number of nitrogens with zero attached hydrogens (tertiary/aromatic N) is 2. The quantitative estimate of drug-likeness (QED) is 0.788. The lowest BCUT2D eigenvalue weighted by Gasteiger charge is -2.29. The maximum absolute atomic E-state index is 13.6. The van der Waals surface area contributed by atoms with Crippen molar-refractivity contribution in [2.45, 2.75) is 29.9 Å². The second kappa shape index (κ2) is 7.14. The molecular formula is C20H24N2O4S. The first-order valence-corrected chi connectivity index (χ1v) is 10.5. The van der Waals surface area contributed by atoms with E-state index in [9.17, 15) is 8.42 Å². The van der Waals surface area contributed by atoms with Crippen LogP contribution in [0.5, 0.6) is 11.5 Å². The zero-order valence-electron chi connectivity index (χ0n) is 15.5. The Labute approximate surface area is 160 Å². The van der Waals surface area contributed by atoms with E-state index in [-0.39, 0.29) is 17.1 Å². The molecule has 0 amide bonds. The summed E-state index contributed by atoms with van der Waals surface area (Å²) < 4.78 is 39.4. The number of rotatable bonds is 5. The molecule has 2 unspecified atom stereocenters. The van der Waals surface area contributed by atoms with Crippen LogP contribution in [0.4, 0.5) is 0 Å². The molecule has 0 saturated carbocycles. The van der Waals surface area contributed by atoms with Crippen molar-refractivity contribution in [2.75, 3.05) is 27.3 Å². The lowest BCUT2D eigenvalue weighted by molar-refractivity contribution is 0.198. The van der Waals surface area contributed by atoms with Crippen molar-refractivity contribution in [3.63, 3.8) is 0 Å². The van der Waals surface area contributed by atoms with Crippen molar-refractivity contribution in [3.05, 3.63) is 54.1 Å². The standard InChI is InChI=1S/C20H24N2O4S/c1-25-17-10-11-19(18(13-17)26-2)27(23,24)22-14-16-9-6-12-21(16)20(22)15-7-4-3-5-8-15/h3-5,7-8,10-11,13,16,20H,6,9,12,14H2,1-2H3. The molecule has 4 rings (SSSR count). The first-order valence-electron chi connectivity index (χ1n) is 9.11. The molecule has 7 heteroatoms. The Morgan fingerprint density at radius 2 is 1.81 bits per heavy atom. The SMILES string of the molecule is COc1ccc(S(=O)(=O)N2CC3CCCN3C2c2ccccc2)c(OC)c1. The molecule has 2 aromatic carbocycles. The van der Waals surface area contributed by atoms with E-state index >= 15 is 0 Å². The molecule has 6 nitrogen and oxygen atoms in total. The Balaban J connectivity index is 1.78. The van der Waals surface area contributed by atoms with Gasteiger partial charge in [0.1, 0.15) is 22.6 Å². The maximum Gasteiger partial charge on any atom is 0.248 e. The van der Waals surface area contributed by atoms with Crippen molar-refractivity contribution < 1.29 is 17.9 Å². The van der Waals surface area contributed by atoms with Crippen LogP contribution in [0.15, 0.2) is 53.4 Å². The van der Waals surface area contributed by atoms with E-state index in [0.717, 1.165) is 24.9 Å². The van der Waals surface area contributed by atoms with Gasteiger partial charge in [0.05, 0.1) is 14.2 Å². The van der Waals surface area contributed by atoms with E-state index in [1.54, 1.807) is 29.6 Å². The van der Waals surface area contributed by atoms with Gasteiger partial charge < -0.3 is 9.47 Å². The molecule has 2 aliphatic rings. The molecule has 27 heavy (non-hydrogen) atoms. The zero-order valence-corrected chi connectivity index (χ0v) is 16.4. The fourth-order valence-corrected chi connectivity index (χ4v) is 5.94. The van der Waals surface area contributed by atoms with Gasteiger partial charge >= 0.3 is 0 Å².